The van der Waals surface area contributed by atoms with Gasteiger partial charge in [0.1, 0.15) is 83.2 Å². The summed E-state index contributed by atoms with van der Waals surface area (Å²) in [5, 5.41) is 81.0. The predicted molar refractivity (Wildman–Crippen MR) is 172 cm³/mol. The van der Waals surface area contributed by atoms with Crippen molar-refractivity contribution < 1.29 is 63.8 Å². The first kappa shape index (κ1) is 36.4. The van der Waals surface area contributed by atoms with E-state index in [2.05, 4.69) is 20.6 Å². The number of aromatic nitrogens is 6. The molecule has 51 heavy (non-hydrogen) atoms. The van der Waals surface area contributed by atoms with Gasteiger partial charge < -0.3 is 63.8 Å². The molecule has 276 valence electrons. The molecule has 0 saturated carbocycles. The smallest absolute Gasteiger partial charge is 0.189 e. The molecular weight excluding hydrogens is 676 g/mol. The maximum Gasteiger partial charge on any atom is 0.189 e. The van der Waals surface area contributed by atoms with Crippen LogP contribution < -0.4 is 18.9 Å². The highest BCUT2D eigenvalue weighted by Gasteiger charge is 2.50. The molecule has 19 heteroatoms. The van der Waals surface area contributed by atoms with Crippen LogP contribution in [0.25, 0.3) is 22.5 Å². The van der Waals surface area contributed by atoms with Crippen LogP contribution in [0, 0.1) is 0 Å². The Morgan fingerprint density at radius 3 is 1.22 bits per heavy atom. The van der Waals surface area contributed by atoms with Crippen molar-refractivity contribution in [3.05, 3.63) is 48.8 Å². The molecule has 2 aromatic carbocycles. The highest BCUT2D eigenvalue weighted by atomic mass is 16.8. The molecule has 5 unspecified atom stereocenters. The molecule has 6 rings (SSSR count). The summed E-state index contributed by atoms with van der Waals surface area (Å²) in [6.45, 7) is -0.268. The lowest BCUT2D eigenvalue weighted by atomic mass is 9.97. The Kier molecular flexibility index (Phi) is 11.0. The number of benzene rings is 2. The van der Waals surface area contributed by atoms with E-state index in [1.54, 1.807) is 48.8 Å². The zero-order valence-corrected chi connectivity index (χ0v) is 28.0. The number of ether oxygens (including phenoxy) is 7. The highest BCUT2D eigenvalue weighted by molar-refractivity contribution is 5.63. The number of hydrogen-bond donors (Lipinski definition) is 6. The molecule has 2 aromatic heterocycles. The minimum absolute atomic E-state index is 0.134. The lowest BCUT2D eigenvalue weighted by molar-refractivity contribution is -0.375. The second kappa shape index (κ2) is 15.4. The molecule has 0 radical (unpaired) electrons. The van der Waals surface area contributed by atoms with Gasteiger partial charge in [0.15, 0.2) is 12.6 Å². The molecule has 2 saturated heterocycles. The minimum Gasteiger partial charge on any atom is -0.497 e. The molecule has 19 nitrogen and oxygen atoms in total. The summed E-state index contributed by atoms with van der Waals surface area (Å²) >= 11 is 0. The number of hydrogen-bond acceptors (Lipinski definition) is 17. The van der Waals surface area contributed by atoms with Gasteiger partial charge in [-0.05, 0) is 24.3 Å². The average molecular weight is 717 g/mol. The Morgan fingerprint density at radius 1 is 0.529 bits per heavy atom. The number of aliphatic hydroxyl groups is 6. The third kappa shape index (κ3) is 7.76. The molecule has 4 heterocycles. The summed E-state index contributed by atoms with van der Waals surface area (Å²) < 4.78 is 41.4. The Bertz CT molecular complexity index is 1600. The Balaban J connectivity index is 1.14. The van der Waals surface area contributed by atoms with E-state index in [4.69, 9.17) is 33.2 Å². The standard InChI is InChI=1S/C32H40N6O13/c1-45-17-5-15(6-18(9-17)46-2)21-11-37(35-33-21)13-23-25(39)27(41)29(43)31(49-23)51-32-30(44)28(42)26(40)24(50-32)14-38-12-22(34-36-38)16-7-19(47-3)10-20(8-16)48-4/h5-12,23-32,39-44H,13-14H2,1-4H3/t23?,24?,25-,26-,27+,28?,29?,30?,31-,32-/m1/s1. The van der Waals surface area contributed by atoms with Crippen molar-refractivity contribution in [2.75, 3.05) is 28.4 Å². The van der Waals surface area contributed by atoms with Crippen molar-refractivity contribution in [2.24, 2.45) is 0 Å². The van der Waals surface area contributed by atoms with Gasteiger partial charge in [0.05, 0.1) is 53.9 Å². The summed E-state index contributed by atoms with van der Waals surface area (Å²) in [7, 11) is 6.07. The second-order valence-corrected chi connectivity index (χ2v) is 12.0. The zero-order valence-electron chi connectivity index (χ0n) is 28.0. The monoisotopic (exact) mass is 716 g/mol. The van der Waals surface area contributed by atoms with Gasteiger partial charge in [-0.1, -0.05) is 10.4 Å². The van der Waals surface area contributed by atoms with Gasteiger partial charge in [-0.15, -0.1) is 10.2 Å². The van der Waals surface area contributed by atoms with Crippen LogP contribution in [0.2, 0.25) is 0 Å². The summed E-state index contributed by atoms with van der Waals surface area (Å²) in [6, 6.07) is 10.4. The van der Waals surface area contributed by atoms with E-state index in [-0.39, 0.29) is 13.1 Å². The van der Waals surface area contributed by atoms with Crippen LogP contribution in [0.4, 0.5) is 0 Å². The maximum atomic E-state index is 10.8. The van der Waals surface area contributed by atoms with E-state index in [1.165, 1.54) is 37.8 Å². The Hall–Kier alpha value is -4.44. The van der Waals surface area contributed by atoms with Crippen molar-refractivity contribution in [3.63, 3.8) is 0 Å². The highest BCUT2D eigenvalue weighted by Crippen LogP contribution is 2.32. The van der Waals surface area contributed by atoms with E-state index in [1.807, 2.05) is 0 Å². The average Bonchev–Trinajstić information content (AvgIpc) is 3.83. The van der Waals surface area contributed by atoms with Crippen molar-refractivity contribution in [1.29, 1.82) is 0 Å². The van der Waals surface area contributed by atoms with Gasteiger partial charge in [-0.25, -0.2) is 9.36 Å². The lowest BCUT2D eigenvalue weighted by Crippen LogP contribution is -2.63. The van der Waals surface area contributed by atoms with Crippen LogP contribution in [0.5, 0.6) is 23.0 Å². The second-order valence-electron chi connectivity index (χ2n) is 12.0. The van der Waals surface area contributed by atoms with E-state index >= 15 is 0 Å². The number of nitrogens with zero attached hydrogens (tertiary/aromatic N) is 6. The molecule has 10 atom stereocenters. The van der Waals surface area contributed by atoms with Gasteiger partial charge in [0.25, 0.3) is 0 Å². The third-order valence-corrected chi connectivity index (χ3v) is 8.71. The van der Waals surface area contributed by atoms with Gasteiger partial charge in [0, 0.05) is 23.3 Å². The van der Waals surface area contributed by atoms with Gasteiger partial charge >= 0.3 is 0 Å². The molecule has 4 aromatic rings. The molecule has 0 amide bonds. The van der Waals surface area contributed by atoms with Crippen molar-refractivity contribution in [3.8, 4) is 45.5 Å². The largest absolute Gasteiger partial charge is 0.497 e. The van der Waals surface area contributed by atoms with E-state index in [0.717, 1.165) is 0 Å². The van der Waals surface area contributed by atoms with Gasteiger partial charge in [0.2, 0.25) is 0 Å². The first-order chi connectivity index (χ1) is 24.5. The van der Waals surface area contributed by atoms with E-state index in [0.29, 0.717) is 45.5 Å². The zero-order chi connectivity index (χ0) is 36.4. The van der Waals surface area contributed by atoms with Gasteiger partial charge in [-0.3, -0.25) is 0 Å². The van der Waals surface area contributed by atoms with Crippen LogP contribution in [0.1, 0.15) is 0 Å². The van der Waals surface area contributed by atoms with Crippen LogP contribution in [0.3, 0.4) is 0 Å². The van der Waals surface area contributed by atoms with E-state index in [9.17, 15) is 30.6 Å². The van der Waals surface area contributed by atoms with Crippen molar-refractivity contribution in [1.82, 2.24) is 30.0 Å². The molecular formula is C32H40N6O13. The van der Waals surface area contributed by atoms with Crippen LogP contribution in [-0.4, -0.2) is 150 Å². The maximum absolute atomic E-state index is 10.8. The molecule has 2 aliphatic heterocycles. The first-order valence-electron chi connectivity index (χ1n) is 15.8. The van der Waals surface area contributed by atoms with Crippen LogP contribution in [-0.2, 0) is 27.3 Å². The molecule has 2 aliphatic rings. The topological polar surface area (TPSA) is 247 Å². The number of methoxy groups -OCH3 is 4. The fraction of sp³-hybridized carbons (Fsp3) is 0.500. The van der Waals surface area contributed by atoms with E-state index < -0.39 is 61.4 Å². The quantitative estimate of drug-likeness (QED) is 0.0984. The molecule has 2 fully saturated rings. The van der Waals surface area contributed by atoms with Gasteiger partial charge in [-0.2, -0.15) is 0 Å². The molecule has 0 aliphatic carbocycles. The molecule has 0 bridgehead atoms. The Morgan fingerprint density at radius 2 is 0.882 bits per heavy atom. The lowest BCUT2D eigenvalue weighted by Gasteiger charge is -2.45. The SMILES string of the molecule is COc1cc(OC)cc(-c2cn(CC3O[C@H](O[C@H]4OC(Cn5cc(-c6cc(OC)cc(OC)c6)nn5)[C@@H](O)[C@H](O)C4O)C(O)C(O)[C@@H]3O)nn2)c1. The fourth-order valence-corrected chi connectivity index (χ4v) is 5.81. The van der Waals surface area contributed by atoms with Crippen molar-refractivity contribution in [2.45, 2.75) is 74.5 Å². The first-order valence-corrected chi connectivity index (χ1v) is 15.8. The summed E-state index contributed by atoms with van der Waals surface area (Å²) in [5.74, 6) is 2.15. The van der Waals surface area contributed by atoms with Crippen LogP contribution >= 0.6 is 0 Å². The molecule has 6 N–H and O–H groups in total. The summed E-state index contributed by atoms with van der Waals surface area (Å²) in [6.07, 6.45) is -12.7. The summed E-state index contributed by atoms with van der Waals surface area (Å²) in [4.78, 5) is 0. The molecule has 0 spiro atoms. The Labute approximate surface area is 291 Å². The fourth-order valence-electron chi connectivity index (χ4n) is 5.81. The number of aliphatic hydroxyl groups excluding tert-OH is 6. The minimum atomic E-state index is -1.79. The number of rotatable bonds is 12. The van der Waals surface area contributed by atoms with Crippen LogP contribution in [0.15, 0.2) is 48.8 Å². The third-order valence-electron chi connectivity index (χ3n) is 8.71. The summed E-state index contributed by atoms with van der Waals surface area (Å²) in [5.41, 5.74) is 2.18. The van der Waals surface area contributed by atoms with Crippen molar-refractivity contribution >= 4 is 0 Å². The normalized spacial score (nSPS) is 29.5. The predicted octanol–water partition coefficient (Wildman–Crippen LogP) is -1.43.